The first-order chi connectivity index (χ1) is 9.72. The van der Waals surface area contributed by atoms with Gasteiger partial charge in [0, 0.05) is 12.5 Å². The van der Waals surface area contributed by atoms with Crippen molar-refractivity contribution in [2.45, 2.75) is 38.1 Å². The van der Waals surface area contributed by atoms with Crippen molar-refractivity contribution in [2.24, 2.45) is 11.7 Å². The molecule has 20 heavy (non-hydrogen) atoms. The Hall–Kier alpha value is -1.82. The number of aromatic nitrogens is 3. The highest BCUT2D eigenvalue weighted by Gasteiger charge is 2.24. The summed E-state index contributed by atoms with van der Waals surface area (Å²) in [4.78, 5) is 8.26. The van der Waals surface area contributed by atoms with Gasteiger partial charge in [-0.2, -0.15) is 4.98 Å². The molecule has 0 aliphatic heterocycles. The molecule has 5 nitrogen and oxygen atoms in total. The molecule has 2 aromatic heterocycles. The molecule has 3 rings (SSSR count). The molecule has 1 saturated carbocycles. The molecule has 0 radical (unpaired) electrons. The molecule has 6 heteroatoms. The highest BCUT2D eigenvalue weighted by molar-refractivity contribution is 5.47. The molecule has 2 unspecified atom stereocenters. The molecule has 0 aromatic carbocycles. The number of halogens is 1. The van der Waals surface area contributed by atoms with Gasteiger partial charge in [-0.1, -0.05) is 18.0 Å². The van der Waals surface area contributed by atoms with Crippen LogP contribution in [-0.2, 0) is 6.42 Å². The Kier molecular flexibility index (Phi) is 3.73. The molecule has 0 amide bonds. The summed E-state index contributed by atoms with van der Waals surface area (Å²) in [6.07, 6.45) is 6.42. The average Bonchev–Trinajstić information content (AvgIpc) is 2.91. The van der Waals surface area contributed by atoms with Gasteiger partial charge in [-0.15, -0.1) is 0 Å². The van der Waals surface area contributed by atoms with Gasteiger partial charge in [-0.25, -0.2) is 9.37 Å². The van der Waals surface area contributed by atoms with Crippen LogP contribution in [0, 0.1) is 11.7 Å². The summed E-state index contributed by atoms with van der Waals surface area (Å²) in [5.74, 6) is 0.988. The summed E-state index contributed by atoms with van der Waals surface area (Å²) in [7, 11) is 0. The van der Waals surface area contributed by atoms with Gasteiger partial charge in [0.25, 0.3) is 0 Å². The van der Waals surface area contributed by atoms with E-state index in [0.29, 0.717) is 29.7 Å². The fourth-order valence-corrected chi connectivity index (χ4v) is 2.66. The van der Waals surface area contributed by atoms with Gasteiger partial charge in [-0.05, 0) is 30.9 Å². The maximum atomic E-state index is 12.8. The molecule has 1 aliphatic carbocycles. The molecule has 2 N–H and O–H groups in total. The lowest BCUT2D eigenvalue weighted by atomic mass is 9.83. The summed E-state index contributed by atoms with van der Waals surface area (Å²) in [6, 6.07) is 3.08. The van der Waals surface area contributed by atoms with E-state index in [1.165, 1.54) is 25.0 Å². The minimum atomic E-state index is -0.384. The van der Waals surface area contributed by atoms with E-state index in [4.69, 9.17) is 10.3 Å². The number of nitrogens with two attached hydrogens (primary N) is 1. The summed E-state index contributed by atoms with van der Waals surface area (Å²) in [5, 5.41) is 3.89. The minimum absolute atomic E-state index is 0.211. The van der Waals surface area contributed by atoms with Gasteiger partial charge < -0.3 is 10.3 Å². The van der Waals surface area contributed by atoms with Crippen molar-refractivity contribution >= 4 is 0 Å². The van der Waals surface area contributed by atoms with E-state index in [9.17, 15) is 4.39 Å². The predicted molar refractivity (Wildman–Crippen MR) is 71.1 cm³/mol. The van der Waals surface area contributed by atoms with Crippen LogP contribution in [0.25, 0.3) is 11.5 Å². The summed E-state index contributed by atoms with van der Waals surface area (Å²) < 4.78 is 18.1. The first-order valence-electron chi connectivity index (χ1n) is 6.92. The number of hydrogen-bond acceptors (Lipinski definition) is 5. The zero-order valence-electron chi connectivity index (χ0n) is 11.1. The smallest absolute Gasteiger partial charge is 0.227 e. The third-order valence-electron chi connectivity index (χ3n) is 3.83. The second-order valence-electron chi connectivity index (χ2n) is 5.29. The summed E-state index contributed by atoms with van der Waals surface area (Å²) >= 11 is 0. The number of rotatable bonds is 3. The van der Waals surface area contributed by atoms with Crippen LogP contribution >= 0.6 is 0 Å². The molecule has 0 bridgehead atoms. The van der Waals surface area contributed by atoms with Gasteiger partial charge in [0.05, 0.1) is 6.20 Å². The van der Waals surface area contributed by atoms with Crippen molar-refractivity contribution < 1.29 is 8.91 Å². The first-order valence-corrected chi connectivity index (χ1v) is 6.92. The van der Waals surface area contributed by atoms with E-state index in [1.807, 2.05) is 0 Å². The fourth-order valence-electron chi connectivity index (χ4n) is 2.66. The van der Waals surface area contributed by atoms with Crippen LogP contribution < -0.4 is 5.73 Å². The van der Waals surface area contributed by atoms with Gasteiger partial charge >= 0.3 is 0 Å². The third kappa shape index (κ3) is 2.85. The Labute approximate surface area is 116 Å². The molecular weight excluding hydrogens is 259 g/mol. The van der Waals surface area contributed by atoms with Crippen molar-refractivity contribution in [2.75, 3.05) is 0 Å². The molecule has 0 spiro atoms. The van der Waals surface area contributed by atoms with E-state index in [0.717, 1.165) is 19.0 Å². The fraction of sp³-hybridized carbons (Fsp3) is 0.500. The van der Waals surface area contributed by atoms with Crippen LogP contribution in [-0.4, -0.2) is 21.2 Å². The molecular formula is C14H17FN4O. The summed E-state index contributed by atoms with van der Waals surface area (Å²) in [5.41, 5.74) is 6.63. The standard InChI is InChI=1S/C14H17FN4O/c15-10-5-6-12(17-8-10)14-18-13(20-19-14)7-9-3-1-2-4-11(9)16/h5-6,8-9,11H,1-4,7,16H2. The zero-order chi connectivity index (χ0) is 13.9. The average molecular weight is 276 g/mol. The molecule has 2 heterocycles. The maximum Gasteiger partial charge on any atom is 0.227 e. The third-order valence-corrected chi connectivity index (χ3v) is 3.83. The molecule has 1 aliphatic rings. The topological polar surface area (TPSA) is 77.8 Å². The molecule has 2 aromatic rings. The van der Waals surface area contributed by atoms with Crippen LogP contribution in [0.2, 0.25) is 0 Å². The summed E-state index contributed by atoms with van der Waals surface area (Å²) in [6.45, 7) is 0. The lowest BCUT2D eigenvalue weighted by Gasteiger charge is -2.27. The minimum Gasteiger partial charge on any atom is -0.339 e. The van der Waals surface area contributed by atoms with E-state index < -0.39 is 0 Å². The maximum absolute atomic E-state index is 12.8. The lowest BCUT2D eigenvalue weighted by molar-refractivity contribution is 0.273. The zero-order valence-corrected chi connectivity index (χ0v) is 11.1. The molecule has 106 valence electrons. The van der Waals surface area contributed by atoms with Gasteiger partial charge in [0.2, 0.25) is 11.7 Å². The quantitative estimate of drug-likeness (QED) is 0.930. The van der Waals surface area contributed by atoms with Crippen LogP contribution in [0.1, 0.15) is 31.6 Å². The molecule has 1 fully saturated rings. The molecule has 2 atom stereocenters. The van der Waals surface area contributed by atoms with Crippen LogP contribution in [0.3, 0.4) is 0 Å². The highest BCUT2D eigenvalue weighted by Crippen LogP contribution is 2.26. The van der Waals surface area contributed by atoms with Crippen molar-refractivity contribution in [1.82, 2.24) is 15.1 Å². The van der Waals surface area contributed by atoms with Crippen LogP contribution in [0.4, 0.5) is 4.39 Å². The highest BCUT2D eigenvalue weighted by atomic mass is 19.1. The van der Waals surface area contributed by atoms with Gasteiger partial charge in [0.15, 0.2) is 0 Å². The monoisotopic (exact) mass is 276 g/mol. The van der Waals surface area contributed by atoms with E-state index in [-0.39, 0.29) is 11.9 Å². The largest absolute Gasteiger partial charge is 0.339 e. The first kappa shape index (κ1) is 13.2. The Morgan fingerprint density at radius 3 is 2.90 bits per heavy atom. The second kappa shape index (κ2) is 5.66. The van der Waals surface area contributed by atoms with E-state index in [1.54, 1.807) is 0 Å². The van der Waals surface area contributed by atoms with Crippen LogP contribution in [0.5, 0.6) is 0 Å². The van der Waals surface area contributed by atoms with E-state index in [2.05, 4.69) is 15.1 Å². The Bertz CT molecular complexity index is 569. The lowest BCUT2D eigenvalue weighted by Crippen LogP contribution is -2.34. The number of nitrogens with zero attached hydrogens (tertiary/aromatic N) is 3. The SMILES string of the molecule is NC1CCCCC1Cc1nc(-c2ccc(F)cn2)no1. The number of pyridine rings is 1. The van der Waals surface area contributed by atoms with Crippen molar-refractivity contribution in [3.8, 4) is 11.5 Å². The molecule has 0 saturated heterocycles. The van der Waals surface area contributed by atoms with Gasteiger partial charge in [-0.3, -0.25) is 0 Å². The van der Waals surface area contributed by atoms with Gasteiger partial charge in [0.1, 0.15) is 11.5 Å². The van der Waals surface area contributed by atoms with E-state index >= 15 is 0 Å². The second-order valence-corrected chi connectivity index (χ2v) is 5.29. The normalized spacial score (nSPS) is 22.9. The number of hydrogen-bond donors (Lipinski definition) is 1. The predicted octanol–water partition coefficient (Wildman–Crippen LogP) is 2.33. The Balaban J connectivity index is 1.71. The Morgan fingerprint density at radius 2 is 2.15 bits per heavy atom. The Morgan fingerprint density at radius 1 is 1.30 bits per heavy atom. The van der Waals surface area contributed by atoms with Crippen molar-refractivity contribution in [3.63, 3.8) is 0 Å². The van der Waals surface area contributed by atoms with Crippen molar-refractivity contribution in [3.05, 3.63) is 30.0 Å². The van der Waals surface area contributed by atoms with Crippen LogP contribution in [0.15, 0.2) is 22.9 Å². The van der Waals surface area contributed by atoms with Crippen molar-refractivity contribution in [1.29, 1.82) is 0 Å².